The van der Waals surface area contributed by atoms with E-state index in [4.69, 9.17) is 0 Å². The van der Waals surface area contributed by atoms with Crippen molar-refractivity contribution in [2.24, 2.45) is 0 Å². The molecule has 0 radical (unpaired) electrons. The van der Waals surface area contributed by atoms with Crippen LogP contribution in [-0.2, 0) is 0 Å². The van der Waals surface area contributed by atoms with E-state index < -0.39 is 0 Å². The first-order valence-corrected chi connectivity index (χ1v) is 7.53. The maximum atomic E-state index is 4.53. The lowest BCUT2D eigenvalue weighted by Gasteiger charge is -2.14. The lowest BCUT2D eigenvalue weighted by molar-refractivity contribution is 1.10. The fourth-order valence-electron chi connectivity index (χ4n) is 2.83. The molecule has 2 aromatic heterocycles. The summed E-state index contributed by atoms with van der Waals surface area (Å²) in [6.45, 7) is 0. The average Bonchev–Trinajstić information content (AvgIpc) is 3.17. The number of nitrogens with zero attached hydrogens (tertiary/aromatic N) is 2. The van der Waals surface area contributed by atoms with E-state index in [0.29, 0.717) is 0 Å². The summed E-state index contributed by atoms with van der Waals surface area (Å²) in [4.78, 5) is 4.53. The standard InChI is InChI=1S/C20H15N3/c1-2-7-15(8-3-1)20-16(18-11-4-5-13-21-18)9-6-10-17(20)19-12-14-22-23-19/h1-14H,(H,22,23). The van der Waals surface area contributed by atoms with Gasteiger partial charge >= 0.3 is 0 Å². The molecule has 0 amide bonds. The summed E-state index contributed by atoms with van der Waals surface area (Å²) < 4.78 is 0. The third-order valence-electron chi connectivity index (χ3n) is 3.86. The lowest BCUT2D eigenvalue weighted by atomic mass is 9.91. The second-order valence-electron chi connectivity index (χ2n) is 5.28. The monoisotopic (exact) mass is 297 g/mol. The summed E-state index contributed by atoms with van der Waals surface area (Å²) in [5.41, 5.74) is 6.53. The SMILES string of the molecule is c1ccc(-c2c(-c3ccccn3)cccc2-c2ccn[nH]2)cc1. The van der Waals surface area contributed by atoms with Crippen molar-refractivity contribution in [1.29, 1.82) is 0 Å². The van der Waals surface area contributed by atoms with Gasteiger partial charge < -0.3 is 0 Å². The Hall–Kier alpha value is -3.20. The van der Waals surface area contributed by atoms with Crippen LogP contribution < -0.4 is 0 Å². The molecular formula is C20H15N3. The smallest absolute Gasteiger partial charge is 0.0708 e. The molecule has 0 atom stereocenters. The maximum Gasteiger partial charge on any atom is 0.0708 e. The first-order valence-electron chi connectivity index (χ1n) is 7.53. The summed E-state index contributed by atoms with van der Waals surface area (Å²) in [5, 5.41) is 7.17. The minimum Gasteiger partial charge on any atom is -0.278 e. The number of hydrogen-bond acceptors (Lipinski definition) is 2. The van der Waals surface area contributed by atoms with Crippen molar-refractivity contribution in [3.05, 3.63) is 85.2 Å². The van der Waals surface area contributed by atoms with E-state index in [9.17, 15) is 0 Å². The second kappa shape index (κ2) is 5.89. The summed E-state index contributed by atoms with van der Waals surface area (Å²) in [6, 6.07) is 24.7. The maximum absolute atomic E-state index is 4.53. The van der Waals surface area contributed by atoms with Crippen LogP contribution in [0.15, 0.2) is 85.2 Å². The van der Waals surface area contributed by atoms with E-state index in [2.05, 4.69) is 57.6 Å². The van der Waals surface area contributed by atoms with E-state index in [0.717, 1.165) is 28.1 Å². The first kappa shape index (κ1) is 13.5. The number of rotatable bonds is 3. The molecule has 4 rings (SSSR count). The van der Waals surface area contributed by atoms with Gasteiger partial charge in [-0.05, 0) is 23.8 Å². The third-order valence-corrected chi connectivity index (χ3v) is 3.86. The molecule has 2 aromatic carbocycles. The van der Waals surface area contributed by atoms with Gasteiger partial charge in [0.15, 0.2) is 0 Å². The highest BCUT2D eigenvalue weighted by molar-refractivity contribution is 5.92. The Morgan fingerprint density at radius 1 is 0.652 bits per heavy atom. The molecule has 0 saturated carbocycles. The number of aromatic amines is 1. The van der Waals surface area contributed by atoms with Gasteiger partial charge in [-0.3, -0.25) is 10.1 Å². The molecule has 0 aliphatic heterocycles. The predicted molar refractivity (Wildman–Crippen MR) is 92.7 cm³/mol. The fraction of sp³-hybridized carbons (Fsp3) is 0. The molecular weight excluding hydrogens is 282 g/mol. The van der Waals surface area contributed by atoms with E-state index >= 15 is 0 Å². The predicted octanol–water partition coefficient (Wildman–Crippen LogP) is 4.81. The highest BCUT2D eigenvalue weighted by Gasteiger charge is 2.14. The van der Waals surface area contributed by atoms with Crippen molar-refractivity contribution < 1.29 is 0 Å². The second-order valence-corrected chi connectivity index (χ2v) is 5.28. The zero-order valence-corrected chi connectivity index (χ0v) is 12.5. The molecule has 4 aromatic rings. The summed E-state index contributed by atoms with van der Waals surface area (Å²) in [5.74, 6) is 0. The summed E-state index contributed by atoms with van der Waals surface area (Å²) in [7, 11) is 0. The molecule has 0 aliphatic rings. The number of nitrogens with one attached hydrogen (secondary N) is 1. The van der Waals surface area contributed by atoms with Crippen LogP contribution in [0, 0.1) is 0 Å². The minimum absolute atomic E-state index is 0.965. The van der Waals surface area contributed by atoms with Crippen LogP contribution >= 0.6 is 0 Å². The molecule has 0 unspecified atom stereocenters. The molecule has 3 heteroatoms. The van der Waals surface area contributed by atoms with E-state index in [1.165, 1.54) is 5.56 Å². The number of pyridine rings is 1. The Bertz CT molecular complexity index is 898. The van der Waals surface area contributed by atoms with Gasteiger partial charge in [0.1, 0.15) is 0 Å². The van der Waals surface area contributed by atoms with Gasteiger partial charge in [-0.25, -0.2) is 0 Å². The number of H-pyrrole nitrogens is 1. The normalized spacial score (nSPS) is 10.6. The quantitative estimate of drug-likeness (QED) is 0.590. The topological polar surface area (TPSA) is 41.6 Å². The summed E-state index contributed by atoms with van der Waals surface area (Å²) in [6.07, 6.45) is 3.60. The Balaban J connectivity index is 2.02. The largest absolute Gasteiger partial charge is 0.278 e. The van der Waals surface area contributed by atoms with Crippen molar-refractivity contribution >= 4 is 0 Å². The van der Waals surface area contributed by atoms with Gasteiger partial charge in [-0.15, -0.1) is 0 Å². The molecule has 2 heterocycles. The average molecular weight is 297 g/mol. The number of aromatic nitrogens is 3. The molecule has 23 heavy (non-hydrogen) atoms. The first-order chi connectivity index (χ1) is 11.4. The molecule has 0 fully saturated rings. The lowest BCUT2D eigenvalue weighted by Crippen LogP contribution is -1.92. The van der Waals surface area contributed by atoms with E-state index in [1.54, 1.807) is 6.20 Å². The molecule has 0 saturated heterocycles. The highest BCUT2D eigenvalue weighted by Crippen LogP contribution is 2.38. The van der Waals surface area contributed by atoms with E-state index in [-0.39, 0.29) is 0 Å². The van der Waals surface area contributed by atoms with Gasteiger partial charge in [0, 0.05) is 29.1 Å². The molecule has 0 spiro atoms. The number of benzene rings is 2. The van der Waals surface area contributed by atoms with Crippen molar-refractivity contribution in [2.45, 2.75) is 0 Å². The summed E-state index contributed by atoms with van der Waals surface area (Å²) >= 11 is 0. The van der Waals surface area contributed by atoms with Gasteiger partial charge in [0.2, 0.25) is 0 Å². The third kappa shape index (κ3) is 2.53. The van der Waals surface area contributed by atoms with Crippen molar-refractivity contribution in [2.75, 3.05) is 0 Å². The number of hydrogen-bond donors (Lipinski definition) is 1. The van der Waals surface area contributed by atoms with Crippen molar-refractivity contribution in [3.63, 3.8) is 0 Å². The zero-order valence-electron chi connectivity index (χ0n) is 12.5. The molecule has 1 N–H and O–H groups in total. The van der Waals surface area contributed by atoms with Crippen LogP contribution in [0.25, 0.3) is 33.6 Å². The van der Waals surface area contributed by atoms with Crippen LogP contribution in [0.4, 0.5) is 0 Å². The molecule has 0 aliphatic carbocycles. The van der Waals surface area contributed by atoms with Crippen LogP contribution in [0.2, 0.25) is 0 Å². The molecule has 110 valence electrons. The Kier molecular flexibility index (Phi) is 3.45. The van der Waals surface area contributed by atoms with Crippen molar-refractivity contribution in [3.8, 4) is 33.6 Å². The Morgan fingerprint density at radius 3 is 2.22 bits per heavy atom. The van der Waals surface area contributed by atoms with E-state index in [1.807, 2.05) is 36.5 Å². The van der Waals surface area contributed by atoms with Crippen LogP contribution in [0.3, 0.4) is 0 Å². The van der Waals surface area contributed by atoms with Crippen LogP contribution in [0.5, 0.6) is 0 Å². The fourth-order valence-corrected chi connectivity index (χ4v) is 2.83. The zero-order chi connectivity index (χ0) is 15.5. The molecule has 0 bridgehead atoms. The Morgan fingerprint density at radius 2 is 1.48 bits per heavy atom. The Labute approximate surface area is 134 Å². The van der Waals surface area contributed by atoms with Crippen LogP contribution in [-0.4, -0.2) is 15.2 Å². The van der Waals surface area contributed by atoms with Gasteiger partial charge in [-0.2, -0.15) is 5.10 Å². The minimum atomic E-state index is 0.965. The van der Waals surface area contributed by atoms with Gasteiger partial charge in [-0.1, -0.05) is 54.6 Å². The molecule has 3 nitrogen and oxygen atoms in total. The highest BCUT2D eigenvalue weighted by atomic mass is 15.1. The van der Waals surface area contributed by atoms with Gasteiger partial charge in [0.25, 0.3) is 0 Å². The van der Waals surface area contributed by atoms with Crippen molar-refractivity contribution in [1.82, 2.24) is 15.2 Å². The van der Waals surface area contributed by atoms with Gasteiger partial charge in [0.05, 0.1) is 11.4 Å². The van der Waals surface area contributed by atoms with Crippen LogP contribution in [0.1, 0.15) is 0 Å².